The van der Waals surface area contributed by atoms with Gasteiger partial charge in [0.2, 0.25) is 0 Å². The number of hydrogen-bond acceptors (Lipinski definition) is 4. The van der Waals surface area contributed by atoms with Crippen LogP contribution in [0, 0.1) is 5.82 Å². The summed E-state index contributed by atoms with van der Waals surface area (Å²) in [4.78, 5) is 19.3. The third-order valence-electron chi connectivity index (χ3n) is 5.85. The van der Waals surface area contributed by atoms with Gasteiger partial charge in [-0.25, -0.2) is 18.7 Å². The summed E-state index contributed by atoms with van der Waals surface area (Å²) in [5.74, 6) is 0.0743. The minimum absolute atomic E-state index is 0.176. The largest absolute Gasteiger partial charge is 0.335 e. The topological polar surface area (TPSA) is 73.8 Å². The second kappa shape index (κ2) is 8.78. The standard InChI is InChI=1S/C25H22FN7O/c1-18(19-5-9-21(10-6-19)32-17-27-16-29-32)30(2)25(34)23-15-28-33(22-11-7-20(26)8-12-22)24(23)31-13-3-4-14-31/h3-18H,1-2H3. The van der Waals surface area contributed by atoms with Crippen LogP contribution < -0.4 is 0 Å². The quantitative estimate of drug-likeness (QED) is 0.384. The first-order valence-corrected chi connectivity index (χ1v) is 10.7. The van der Waals surface area contributed by atoms with Gasteiger partial charge < -0.3 is 9.47 Å². The SMILES string of the molecule is CC(c1ccc(-n2cncn2)cc1)N(C)C(=O)c1cnn(-c2ccc(F)cc2)c1-n1cccc1. The summed E-state index contributed by atoms with van der Waals surface area (Å²) in [7, 11) is 1.77. The molecule has 5 aromatic rings. The Morgan fingerprint density at radius 2 is 1.65 bits per heavy atom. The van der Waals surface area contributed by atoms with E-state index in [4.69, 9.17) is 0 Å². The van der Waals surface area contributed by atoms with Crippen LogP contribution in [-0.4, -0.2) is 47.0 Å². The highest BCUT2D eigenvalue weighted by Gasteiger charge is 2.26. The number of carbonyl (C=O) groups is 1. The number of rotatable bonds is 6. The van der Waals surface area contributed by atoms with Crippen LogP contribution in [0.4, 0.5) is 4.39 Å². The third kappa shape index (κ3) is 3.88. The third-order valence-corrected chi connectivity index (χ3v) is 5.85. The molecule has 8 nitrogen and oxygen atoms in total. The Bertz CT molecular complexity index is 1390. The molecule has 0 saturated heterocycles. The molecule has 0 bridgehead atoms. The maximum Gasteiger partial charge on any atom is 0.259 e. The van der Waals surface area contributed by atoms with Crippen molar-refractivity contribution in [1.82, 2.24) is 34.0 Å². The molecule has 1 atom stereocenters. The predicted octanol–water partition coefficient (Wildman–Crippen LogP) is 4.22. The minimum Gasteiger partial charge on any atom is -0.335 e. The van der Waals surface area contributed by atoms with Gasteiger partial charge in [0.1, 0.15) is 24.0 Å². The van der Waals surface area contributed by atoms with Crippen LogP contribution in [0.1, 0.15) is 28.9 Å². The number of carbonyl (C=O) groups excluding carboxylic acids is 1. The molecule has 0 fully saturated rings. The van der Waals surface area contributed by atoms with Gasteiger partial charge in [-0.3, -0.25) is 4.79 Å². The Morgan fingerprint density at radius 3 is 2.29 bits per heavy atom. The zero-order valence-electron chi connectivity index (χ0n) is 18.7. The highest BCUT2D eigenvalue weighted by atomic mass is 19.1. The molecule has 0 radical (unpaired) electrons. The Labute approximate surface area is 195 Å². The van der Waals surface area contributed by atoms with Gasteiger partial charge in [-0.15, -0.1) is 0 Å². The molecule has 3 aromatic heterocycles. The van der Waals surface area contributed by atoms with Gasteiger partial charge in [-0.1, -0.05) is 12.1 Å². The summed E-state index contributed by atoms with van der Waals surface area (Å²) in [6.07, 6.45) is 8.37. The van der Waals surface area contributed by atoms with Gasteiger partial charge in [-0.2, -0.15) is 10.2 Å². The van der Waals surface area contributed by atoms with Gasteiger partial charge in [0.05, 0.1) is 23.6 Å². The molecule has 0 aliphatic heterocycles. The summed E-state index contributed by atoms with van der Waals surface area (Å²) in [6.45, 7) is 1.97. The molecular weight excluding hydrogens is 433 g/mol. The molecule has 0 aliphatic carbocycles. The van der Waals surface area contributed by atoms with Crippen molar-refractivity contribution in [1.29, 1.82) is 0 Å². The first kappa shape index (κ1) is 21.3. The summed E-state index contributed by atoms with van der Waals surface area (Å²) in [5.41, 5.74) is 2.96. The smallest absolute Gasteiger partial charge is 0.259 e. The molecular formula is C25H22FN7O. The van der Waals surface area contributed by atoms with E-state index in [1.54, 1.807) is 46.0 Å². The minimum atomic E-state index is -0.335. The molecule has 2 aromatic carbocycles. The van der Waals surface area contributed by atoms with E-state index >= 15 is 0 Å². The van der Waals surface area contributed by atoms with Crippen molar-refractivity contribution in [3.8, 4) is 17.2 Å². The molecule has 0 aliphatic rings. The van der Waals surface area contributed by atoms with E-state index in [9.17, 15) is 9.18 Å². The molecule has 0 N–H and O–H groups in total. The van der Waals surface area contributed by atoms with Crippen LogP contribution in [0.15, 0.2) is 91.9 Å². The van der Waals surface area contributed by atoms with Crippen LogP contribution >= 0.6 is 0 Å². The van der Waals surface area contributed by atoms with Crippen molar-refractivity contribution in [2.45, 2.75) is 13.0 Å². The molecule has 0 saturated carbocycles. The number of benzene rings is 2. The van der Waals surface area contributed by atoms with E-state index < -0.39 is 0 Å². The van der Waals surface area contributed by atoms with Crippen molar-refractivity contribution >= 4 is 5.91 Å². The van der Waals surface area contributed by atoms with Gasteiger partial charge in [-0.05, 0) is 61.0 Å². The number of halogens is 1. The lowest BCUT2D eigenvalue weighted by atomic mass is 10.1. The lowest BCUT2D eigenvalue weighted by Crippen LogP contribution is -2.30. The molecule has 9 heteroatoms. The second-order valence-corrected chi connectivity index (χ2v) is 7.88. The van der Waals surface area contributed by atoms with Gasteiger partial charge in [0, 0.05) is 19.4 Å². The van der Waals surface area contributed by atoms with E-state index in [0.717, 1.165) is 11.3 Å². The summed E-state index contributed by atoms with van der Waals surface area (Å²) in [6, 6.07) is 17.4. The van der Waals surface area contributed by atoms with Gasteiger partial charge in [0.25, 0.3) is 5.91 Å². The maximum atomic E-state index is 13.6. The highest BCUT2D eigenvalue weighted by molar-refractivity contribution is 5.97. The van der Waals surface area contributed by atoms with Crippen LogP contribution in [0.5, 0.6) is 0 Å². The van der Waals surface area contributed by atoms with Crippen molar-refractivity contribution in [2.24, 2.45) is 0 Å². The lowest BCUT2D eigenvalue weighted by molar-refractivity contribution is 0.0742. The Hall–Kier alpha value is -4.53. The zero-order valence-corrected chi connectivity index (χ0v) is 18.7. The summed E-state index contributed by atoms with van der Waals surface area (Å²) >= 11 is 0. The Balaban J connectivity index is 1.46. The van der Waals surface area contributed by atoms with E-state index in [1.165, 1.54) is 18.5 Å². The first-order chi connectivity index (χ1) is 16.5. The van der Waals surface area contributed by atoms with E-state index in [2.05, 4.69) is 15.2 Å². The van der Waals surface area contributed by atoms with Gasteiger partial charge in [0.15, 0.2) is 5.82 Å². The number of nitrogens with zero attached hydrogens (tertiary/aromatic N) is 7. The van der Waals surface area contributed by atoms with Crippen LogP contribution in [-0.2, 0) is 0 Å². The molecule has 5 rings (SSSR count). The monoisotopic (exact) mass is 455 g/mol. The fourth-order valence-corrected chi connectivity index (χ4v) is 3.82. The molecule has 1 amide bonds. The zero-order chi connectivity index (χ0) is 23.7. The Kier molecular flexibility index (Phi) is 5.51. The molecule has 0 spiro atoms. The van der Waals surface area contributed by atoms with Crippen LogP contribution in [0.2, 0.25) is 0 Å². The van der Waals surface area contributed by atoms with E-state index in [1.807, 2.05) is 60.3 Å². The average Bonchev–Trinajstić information content (AvgIpc) is 3.64. The summed E-state index contributed by atoms with van der Waals surface area (Å²) in [5, 5.41) is 8.60. The number of aromatic nitrogens is 6. The second-order valence-electron chi connectivity index (χ2n) is 7.88. The van der Waals surface area contributed by atoms with Crippen molar-refractivity contribution in [3.63, 3.8) is 0 Å². The van der Waals surface area contributed by atoms with Gasteiger partial charge >= 0.3 is 0 Å². The Morgan fingerprint density at radius 1 is 0.971 bits per heavy atom. The van der Waals surface area contributed by atoms with Crippen LogP contribution in [0.3, 0.4) is 0 Å². The van der Waals surface area contributed by atoms with Crippen molar-refractivity contribution in [3.05, 3.63) is 109 Å². The molecule has 3 heterocycles. The van der Waals surface area contributed by atoms with E-state index in [-0.39, 0.29) is 17.8 Å². The molecule has 34 heavy (non-hydrogen) atoms. The number of hydrogen-bond donors (Lipinski definition) is 0. The average molecular weight is 455 g/mol. The van der Waals surface area contributed by atoms with Crippen molar-refractivity contribution < 1.29 is 9.18 Å². The first-order valence-electron chi connectivity index (χ1n) is 10.7. The molecule has 1 unspecified atom stereocenters. The van der Waals surface area contributed by atoms with E-state index in [0.29, 0.717) is 17.1 Å². The fourth-order valence-electron chi connectivity index (χ4n) is 3.82. The fraction of sp³-hybridized carbons (Fsp3) is 0.120. The van der Waals surface area contributed by atoms with Crippen molar-refractivity contribution in [2.75, 3.05) is 7.05 Å². The maximum absolute atomic E-state index is 13.6. The predicted molar refractivity (Wildman–Crippen MR) is 125 cm³/mol. The number of amides is 1. The van der Waals surface area contributed by atoms with Crippen LogP contribution in [0.25, 0.3) is 17.2 Å². The highest BCUT2D eigenvalue weighted by Crippen LogP contribution is 2.26. The normalized spacial score (nSPS) is 12.0. The molecule has 170 valence electrons. The lowest BCUT2D eigenvalue weighted by Gasteiger charge is -2.25. The summed E-state index contributed by atoms with van der Waals surface area (Å²) < 4.78 is 18.6.